The van der Waals surface area contributed by atoms with Crippen molar-refractivity contribution in [1.29, 1.82) is 0 Å². The molecule has 0 unspecified atom stereocenters. The molecule has 2 aromatic carbocycles. The Kier molecular flexibility index (Phi) is 6.77. The molecular weight excluding hydrogens is 405 g/mol. The first-order valence-electron chi connectivity index (χ1n) is 8.31. The number of nitrogens with zero attached hydrogens (tertiary/aromatic N) is 2. The fraction of sp³-hybridized carbons (Fsp3) is 0.211. The molecule has 0 saturated heterocycles. The van der Waals surface area contributed by atoms with Gasteiger partial charge in [0.15, 0.2) is 0 Å². The number of hydrogen-bond donors (Lipinski definition) is 1. The molecule has 1 aromatic heterocycles. The predicted octanol–water partition coefficient (Wildman–Crippen LogP) is 5.26. The van der Waals surface area contributed by atoms with Crippen LogP contribution in [0.1, 0.15) is 23.9 Å². The van der Waals surface area contributed by atoms with E-state index in [9.17, 15) is 4.79 Å². The number of anilines is 1. The van der Waals surface area contributed by atoms with Crippen LogP contribution >= 0.6 is 35.0 Å². The Morgan fingerprint density at radius 1 is 1.11 bits per heavy atom. The number of thioether (sulfide) groups is 1. The highest BCUT2D eigenvalue weighted by Gasteiger charge is 2.12. The largest absolute Gasteiger partial charge is 0.416 e. The Balaban J connectivity index is 1.52. The van der Waals surface area contributed by atoms with E-state index in [1.807, 2.05) is 0 Å². The molecule has 3 aromatic rings. The average molecular weight is 422 g/mol. The molecule has 8 heteroatoms. The standard InChI is InChI=1S/C19H17Cl2N3O2S/c1-2-12-3-5-13(6-4-12)9-18-23-24-19(26-18)27-11-17(25)22-16-8-7-14(20)10-15(16)21/h3-8,10H,2,9,11H2,1H3,(H,22,25). The highest BCUT2D eigenvalue weighted by molar-refractivity contribution is 7.99. The van der Waals surface area contributed by atoms with Gasteiger partial charge in [-0.05, 0) is 35.7 Å². The quantitative estimate of drug-likeness (QED) is 0.526. The maximum absolute atomic E-state index is 12.1. The van der Waals surface area contributed by atoms with Crippen molar-refractivity contribution in [3.63, 3.8) is 0 Å². The summed E-state index contributed by atoms with van der Waals surface area (Å²) in [5.74, 6) is 0.424. The molecule has 0 saturated carbocycles. The molecule has 0 atom stereocenters. The number of rotatable bonds is 7. The monoisotopic (exact) mass is 421 g/mol. The van der Waals surface area contributed by atoms with Gasteiger partial charge in [-0.1, -0.05) is 66.2 Å². The van der Waals surface area contributed by atoms with Crippen LogP contribution in [0.3, 0.4) is 0 Å². The number of hydrogen-bond acceptors (Lipinski definition) is 5. The smallest absolute Gasteiger partial charge is 0.277 e. The van der Waals surface area contributed by atoms with E-state index in [4.69, 9.17) is 27.6 Å². The minimum Gasteiger partial charge on any atom is -0.416 e. The number of aromatic nitrogens is 2. The Morgan fingerprint density at radius 2 is 1.85 bits per heavy atom. The first-order valence-corrected chi connectivity index (χ1v) is 10.1. The molecule has 0 bridgehead atoms. The van der Waals surface area contributed by atoms with Gasteiger partial charge in [-0.3, -0.25) is 4.79 Å². The molecule has 3 rings (SSSR count). The summed E-state index contributed by atoms with van der Waals surface area (Å²) in [7, 11) is 0. The number of carbonyl (C=O) groups excluding carboxylic acids is 1. The van der Waals surface area contributed by atoms with Gasteiger partial charge in [-0.25, -0.2) is 0 Å². The lowest BCUT2D eigenvalue weighted by molar-refractivity contribution is -0.113. The maximum atomic E-state index is 12.1. The zero-order valence-electron chi connectivity index (χ0n) is 14.5. The van der Waals surface area contributed by atoms with E-state index in [0.717, 1.165) is 12.0 Å². The summed E-state index contributed by atoms with van der Waals surface area (Å²) in [5, 5.41) is 12.0. The van der Waals surface area contributed by atoms with E-state index in [1.165, 1.54) is 17.3 Å². The average Bonchev–Trinajstić information content (AvgIpc) is 3.10. The maximum Gasteiger partial charge on any atom is 0.277 e. The summed E-state index contributed by atoms with van der Waals surface area (Å²) in [5.41, 5.74) is 2.89. The van der Waals surface area contributed by atoms with Crippen LogP contribution in [0.5, 0.6) is 0 Å². The Morgan fingerprint density at radius 3 is 2.56 bits per heavy atom. The van der Waals surface area contributed by atoms with Crippen molar-refractivity contribution in [3.8, 4) is 0 Å². The Bertz CT molecular complexity index is 929. The molecule has 0 aliphatic rings. The van der Waals surface area contributed by atoms with Crippen LogP contribution in [0, 0.1) is 0 Å². The van der Waals surface area contributed by atoms with Crippen LogP contribution in [0.2, 0.25) is 10.0 Å². The lowest BCUT2D eigenvalue weighted by Gasteiger charge is -2.06. The van der Waals surface area contributed by atoms with Crippen molar-refractivity contribution in [2.45, 2.75) is 25.0 Å². The Hall–Kier alpha value is -2.02. The summed E-state index contributed by atoms with van der Waals surface area (Å²) in [6.07, 6.45) is 1.56. The van der Waals surface area contributed by atoms with Crippen molar-refractivity contribution in [3.05, 3.63) is 69.5 Å². The molecule has 0 aliphatic heterocycles. The molecule has 0 radical (unpaired) electrons. The van der Waals surface area contributed by atoms with Gasteiger partial charge in [0.25, 0.3) is 5.22 Å². The van der Waals surface area contributed by atoms with Crippen LogP contribution in [0.15, 0.2) is 52.1 Å². The highest BCUT2D eigenvalue weighted by Crippen LogP contribution is 2.26. The van der Waals surface area contributed by atoms with Crippen molar-refractivity contribution >= 4 is 46.6 Å². The summed E-state index contributed by atoms with van der Waals surface area (Å²) in [4.78, 5) is 12.1. The van der Waals surface area contributed by atoms with Gasteiger partial charge in [0.05, 0.1) is 22.9 Å². The lowest BCUT2D eigenvalue weighted by atomic mass is 10.1. The first-order chi connectivity index (χ1) is 13.0. The van der Waals surface area contributed by atoms with Crippen LogP contribution in [-0.4, -0.2) is 21.9 Å². The SMILES string of the molecule is CCc1ccc(Cc2nnc(SCC(=O)Nc3ccc(Cl)cc3Cl)o2)cc1. The summed E-state index contributed by atoms with van der Waals surface area (Å²) >= 11 is 13.1. The second-order valence-corrected chi connectivity index (χ2v) is 7.54. The van der Waals surface area contributed by atoms with E-state index in [-0.39, 0.29) is 11.7 Å². The molecule has 27 heavy (non-hydrogen) atoms. The molecule has 1 N–H and O–H groups in total. The fourth-order valence-corrected chi connectivity index (χ4v) is 3.38. The van der Waals surface area contributed by atoms with Crippen molar-refractivity contribution in [1.82, 2.24) is 10.2 Å². The van der Waals surface area contributed by atoms with Crippen LogP contribution in [0.4, 0.5) is 5.69 Å². The van der Waals surface area contributed by atoms with E-state index in [0.29, 0.717) is 33.3 Å². The van der Waals surface area contributed by atoms with Crippen molar-refractivity contribution in [2.24, 2.45) is 0 Å². The molecular formula is C19H17Cl2N3O2S. The molecule has 1 heterocycles. The summed E-state index contributed by atoms with van der Waals surface area (Å²) < 4.78 is 5.60. The number of carbonyl (C=O) groups is 1. The Labute approximate surface area is 171 Å². The van der Waals surface area contributed by atoms with Crippen LogP contribution in [0.25, 0.3) is 0 Å². The third-order valence-corrected chi connectivity index (χ3v) is 5.13. The fourth-order valence-electron chi connectivity index (χ4n) is 2.34. The molecule has 0 fully saturated rings. The molecule has 140 valence electrons. The van der Waals surface area contributed by atoms with Gasteiger partial charge in [-0.2, -0.15) is 0 Å². The van der Waals surface area contributed by atoms with Crippen molar-refractivity contribution in [2.75, 3.05) is 11.1 Å². The highest BCUT2D eigenvalue weighted by atomic mass is 35.5. The number of benzene rings is 2. The van der Waals surface area contributed by atoms with Gasteiger partial charge in [0, 0.05) is 5.02 Å². The molecule has 1 amide bonds. The van der Waals surface area contributed by atoms with Crippen LogP contribution < -0.4 is 5.32 Å². The van der Waals surface area contributed by atoms with Gasteiger partial charge in [0.1, 0.15) is 0 Å². The van der Waals surface area contributed by atoms with Crippen molar-refractivity contribution < 1.29 is 9.21 Å². The van der Waals surface area contributed by atoms with Gasteiger partial charge in [-0.15, -0.1) is 10.2 Å². The second-order valence-electron chi connectivity index (χ2n) is 5.77. The van der Waals surface area contributed by atoms with Gasteiger partial charge >= 0.3 is 0 Å². The number of amides is 1. The van der Waals surface area contributed by atoms with E-state index in [2.05, 4.69) is 46.7 Å². The van der Waals surface area contributed by atoms with E-state index in [1.54, 1.807) is 18.2 Å². The van der Waals surface area contributed by atoms with Gasteiger partial charge in [0.2, 0.25) is 11.8 Å². The summed E-state index contributed by atoms with van der Waals surface area (Å²) in [6, 6.07) is 13.2. The van der Waals surface area contributed by atoms with Crippen LogP contribution in [-0.2, 0) is 17.6 Å². The zero-order chi connectivity index (χ0) is 19.2. The third-order valence-electron chi connectivity index (χ3n) is 3.77. The first kappa shape index (κ1) is 19.7. The third kappa shape index (κ3) is 5.73. The molecule has 5 nitrogen and oxygen atoms in total. The lowest BCUT2D eigenvalue weighted by Crippen LogP contribution is -2.14. The molecule has 0 spiro atoms. The normalized spacial score (nSPS) is 10.8. The topological polar surface area (TPSA) is 68.0 Å². The number of halogens is 2. The summed E-state index contributed by atoms with van der Waals surface area (Å²) in [6.45, 7) is 2.12. The second kappa shape index (κ2) is 9.26. The predicted molar refractivity (Wildman–Crippen MR) is 109 cm³/mol. The van der Waals surface area contributed by atoms with E-state index < -0.39 is 0 Å². The number of nitrogens with one attached hydrogen (secondary N) is 1. The molecule has 0 aliphatic carbocycles. The van der Waals surface area contributed by atoms with E-state index >= 15 is 0 Å². The van der Waals surface area contributed by atoms with Gasteiger partial charge < -0.3 is 9.73 Å². The minimum atomic E-state index is -0.223. The zero-order valence-corrected chi connectivity index (χ0v) is 16.9. The number of aryl methyl sites for hydroxylation is 1. The minimum absolute atomic E-state index is 0.131.